The number of rotatable bonds is 2. The second kappa shape index (κ2) is 4.07. The van der Waals surface area contributed by atoms with E-state index in [2.05, 4.69) is 9.55 Å². The van der Waals surface area contributed by atoms with E-state index in [4.69, 9.17) is 0 Å². The summed E-state index contributed by atoms with van der Waals surface area (Å²) < 4.78 is 2.06. The second-order valence-corrected chi connectivity index (χ2v) is 5.29. The number of aryl methyl sites for hydroxylation is 1. The number of hydrogen-bond donors (Lipinski definition) is 0. The van der Waals surface area contributed by atoms with Crippen LogP contribution in [0.3, 0.4) is 0 Å². The summed E-state index contributed by atoms with van der Waals surface area (Å²) in [5, 5.41) is 0. The molecule has 1 aromatic carbocycles. The molecule has 90 valence electrons. The van der Waals surface area contributed by atoms with Gasteiger partial charge in [0.1, 0.15) is 0 Å². The number of benzene rings is 1. The van der Waals surface area contributed by atoms with Crippen LogP contribution in [-0.2, 0) is 7.05 Å². The van der Waals surface area contributed by atoms with Crippen LogP contribution in [0.2, 0.25) is 0 Å². The first-order valence-electron chi connectivity index (χ1n) is 5.69. The predicted octanol–water partition coefficient (Wildman–Crippen LogP) is 3.50. The zero-order valence-corrected chi connectivity index (χ0v) is 11.0. The summed E-state index contributed by atoms with van der Waals surface area (Å²) in [7, 11) is 2.00. The predicted molar refractivity (Wildman–Crippen MR) is 74.0 cm³/mol. The minimum atomic E-state index is 0.102. The summed E-state index contributed by atoms with van der Waals surface area (Å²) >= 11 is 1.49. The molecule has 3 nitrogen and oxygen atoms in total. The maximum Gasteiger partial charge on any atom is 0.169 e. The van der Waals surface area contributed by atoms with Gasteiger partial charge in [-0.25, -0.2) is 4.98 Å². The van der Waals surface area contributed by atoms with Crippen molar-refractivity contribution in [3.63, 3.8) is 0 Å². The van der Waals surface area contributed by atoms with Crippen molar-refractivity contribution in [2.75, 3.05) is 0 Å². The molecule has 0 saturated heterocycles. The Hall–Kier alpha value is -1.94. The Morgan fingerprint density at radius 1 is 1.22 bits per heavy atom. The first-order valence-corrected chi connectivity index (χ1v) is 6.51. The lowest BCUT2D eigenvalue weighted by Gasteiger charge is -1.98. The van der Waals surface area contributed by atoms with Gasteiger partial charge in [-0.1, -0.05) is 12.1 Å². The highest BCUT2D eigenvalue weighted by molar-refractivity contribution is 7.17. The standard InChI is InChI=1S/C14H12N2OS/c1-9(17)12-7-8-13(18-12)14-15-10-5-3-4-6-11(10)16(14)2/h3-8H,1-2H3. The van der Waals surface area contributed by atoms with E-state index in [1.54, 1.807) is 6.92 Å². The molecule has 3 aromatic rings. The van der Waals surface area contributed by atoms with Gasteiger partial charge in [0.15, 0.2) is 11.6 Å². The summed E-state index contributed by atoms with van der Waals surface area (Å²) in [6.07, 6.45) is 0. The SMILES string of the molecule is CC(=O)c1ccc(-c2nc3ccccc3n2C)s1. The minimum Gasteiger partial charge on any atom is -0.326 e. The number of para-hydroxylation sites is 2. The molecule has 2 heterocycles. The number of fused-ring (bicyclic) bond motifs is 1. The van der Waals surface area contributed by atoms with Gasteiger partial charge in [0.05, 0.1) is 20.8 Å². The summed E-state index contributed by atoms with van der Waals surface area (Å²) in [6.45, 7) is 1.59. The Morgan fingerprint density at radius 3 is 2.67 bits per heavy atom. The highest BCUT2D eigenvalue weighted by Gasteiger charge is 2.12. The minimum absolute atomic E-state index is 0.102. The van der Waals surface area contributed by atoms with Gasteiger partial charge in [0.2, 0.25) is 0 Å². The van der Waals surface area contributed by atoms with Crippen molar-refractivity contribution >= 4 is 28.2 Å². The van der Waals surface area contributed by atoms with Gasteiger partial charge in [-0.3, -0.25) is 4.79 Å². The first-order chi connectivity index (χ1) is 8.66. The van der Waals surface area contributed by atoms with E-state index in [0.717, 1.165) is 26.6 Å². The van der Waals surface area contributed by atoms with Crippen molar-refractivity contribution in [3.05, 3.63) is 41.3 Å². The van der Waals surface area contributed by atoms with Crippen molar-refractivity contribution in [2.24, 2.45) is 7.05 Å². The third kappa shape index (κ3) is 1.66. The maximum absolute atomic E-state index is 11.3. The molecule has 0 N–H and O–H groups in total. The molecule has 0 spiro atoms. The van der Waals surface area contributed by atoms with E-state index >= 15 is 0 Å². The van der Waals surface area contributed by atoms with Crippen molar-refractivity contribution in [1.82, 2.24) is 9.55 Å². The van der Waals surface area contributed by atoms with Crippen molar-refractivity contribution in [1.29, 1.82) is 0 Å². The number of thiophene rings is 1. The quantitative estimate of drug-likeness (QED) is 0.658. The average molecular weight is 256 g/mol. The van der Waals surface area contributed by atoms with Crippen molar-refractivity contribution < 1.29 is 4.79 Å². The molecular weight excluding hydrogens is 244 g/mol. The van der Waals surface area contributed by atoms with Crippen molar-refractivity contribution in [3.8, 4) is 10.7 Å². The van der Waals surface area contributed by atoms with E-state index in [1.165, 1.54) is 11.3 Å². The summed E-state index contributed by atoms with van der Waals surface area (Å²) in [4.78, 5) is 17.7. The zero-order chi connectivity index (χ0) is 12.7. The Labute approximate surface area is 109 Å². The summed E-state index contributed by atoms with van der Waals surface area (Å²) in [5.41, 5.74) is 2.08. The molecule has 18 heavy (non-hydrogen) atoms. The lowest BCUT2D eigenvalue weighted by molar-refractivity contribution is 0.102. The van der Waals surface area contributed by atoms with Crippen LogP contribution in [0.25, 0.3) is 21.7 Å². The van der Waals surface area contributed by atoms with E-state index in [0.29, 0.717) is 0 Å². The maximum atomic E-state index is 11.3. The fourth-order valence-corrected chi connectivity index (χ4v) is 2.94. The monoisotopic (exact) mass is 256 g/mol. The third-order valence-corrected chi connectivity index (χ3v) is 4.14. The Kier molecular flexibility index (Phi) is 2.52. The molecule has 0 aliphatic heterocycles. The molecule has 0 bridgehead atoms. The van der Waals surface area contributed by atoms with E-state index < -0.39 is 0 Å². The number of ketones is 1. The highest BCUT2D eigenvalue weighted by Crippen LogP contribution is 2.29. The molecule has 0 fully saturated rings. The number of nitrogens with zero attached hydrogens (tertiary/aromatic N) is 2. The molecule has 0 atom stereocenters. The van der Waals surface area contributed by atoms with Crippen LogP contribution in [-0.4, -0.2) is 15.3 Å². The number of carbonyl (C=O) groups is 1. The number of imidazole rings is 1. The van der Waals surface area contributed by atoms with E-state index in [9.17, 15) is 4.79 Å². The largest absolute Gasteiger partial charge is 0.326 e. The molecule has 2 aromatic heterocycles. The summed E-state index contributed by atoms with van der Waals surface area (Å²) in [5.74, 6) is 1.01. The van der Waals surface area contributed by atoms with Gasteiger partial charge in [-0.15, -0.1) is 11.3 Å². The fourth-order valence-electron chi connectivity index (χ4n) is 2.01. The molecule has 0 radical (unpaired) electrons. The molecule has 0 amide bonds. The van der Waals surface area contributed by atoms with Gasteiger partial charge < -0.3 is 4.57 Å². The lowest BCUT2D eigenvalue weighted by atomic mass is 10.3. The van der Waals surface area contributed by atoms with Crippen LogP contribution in [0.15, 0.2) is 36.4 Å². The number of Topliss-reactive ketones (excluding diaryl/α,β-unsaturated/α-hetero) is 1. The third-order valence-electron chi connectivity index (χ3n) is 2.96. The topological polar surface area (TPSA) is 34.9 Å². The molecule has 0 aliphatic rings. The average Bonchev–Trinajstić information content (AvgIpc) is 2.95. The van der Waals surface area contributed by atoms with Gasteiger partial charge in [-0.2, -0.15) is 0 Å². The lowest BCUT2D eigenvalue weighted by Crippen LogP contribution is -1.90. The second-order valence-electron chi connectivity index (χ2n) is 4.20. The van der Waals surface area contributed by atoms with Gasteiger partial charge >= 0.3 is 0 Å². The van der Waals surface area contributed by atoms with Gasteiger partial charge in [0.25, 0.3) is 0 Å². The Morgan fingerprint density at radius 2 is 2.00 bits per heavy atom. The van der Waals surface area contributed by atoms with Crippen LogP contribution in [0.1, 0.15) is 16.6 Å². The number of aromatic nitrogens is 2. The fraction of sp³-hybridized carbons (Fsp3) is 0.143. The van der Waals surface area contributed by atoms with E-state index in [1.807, 2.05) is 43.4 Å². The molecular formula is C14H12N2OS. The summed E-state index contributed by atoms with van der Waals surface area (Å²) in [6, 6.07) is 11.9. The zero-order valence-electron chi connectivity index (χ0n) is 10.2. The first kappa shape index (κ1) is 11.2. The number of hydrogen-bond acceptors (Lipinski definition) is 3. The molecule has 0 aliphatic carbocycles. The Balaban J connectivity index is 2.18. The highest BCUT2D eigenvalue weighted by atomic mass is 32.1. The van der Waals surface area contributed by atoms with Crippen LogP contribution >= 0.6 is 11.3 Å². The van der Waals surface area contributed by atoms with E-state index in [-0.39, 0.29) is 5.78 Å². The molecule has 3 rings (SSSR count). The Bertz CT molecular complexity index is 739. The van der Waals surface area contributed by atoms with Gasteiger partial charge in [-0.05, 0) is 31.2 Å². The van der Waals surface area contributed by atoms with Gasteiger partial charge in [0, 0.05) is 7.05 Å². The van der Waals surface area contributed by atoms with Crippen molar-refractivity contribution in [2.45, 2.75) is 6.92 Å². The normalized spacial score (nSPS) is 11.0. The van der Waals surface area contributed by atoms with Crippen LogP contribution in [0.5, 0.6) is 0 Å². The molecule has 0 saturated carbocycles. The van der Waals surface area contributed by atoms with Crippen LogP contribution < -0.4 is 0 Å². The smallest absolute Gasteiger partial charge is 0.169 e. The molecule has 4 heteroatoms. The van der Waals surface area contributed by atoms with Crippen LogP contribution in [0, 0.1) is 0 Å². The molecule has 0 unspecified atom stereocenters. The number of carbonyl (C=O) groups excluding carboxylic acids is 1. The van der Waals surface area contributed by atoms with Crippen LogP contribution in [0.4, 0.5) is 0 Å².